The first-order valence-electron chi connectivity index (χ1n) is 8.47. The summed E-state index contributed by atoms with van der Waals surface area (Å²) in [6.07, 6.45) is 0.0932. The Morgan fingerprint density at radius 3 is 2.55 bits per heavy atom. The van der Waals surface area contributed by atoms with Gasteiger partial charge >= 0.3 is 5.97 Å². The van der Waals surface area contributed by atoms with Crippen molar-refractivity contribution in [3.63, 3.8) is 0 Å². The van der Waals surface area contributed by atoms with Gasteiger partial charge < -0.3 is 19.5 Å². The third-order valence-corrected chi connectivity index (χ3v) is 5.77. The Balaban J connectivity index is 1.69. The maximum Gasteiger partial charge on any atom is 0.357 e. The van der Waals surface area contributed by atoms with Crippen LogP contribution in [0.25, 0.3) is 10.6 Å². The van der Waals surface area contributed by atoms with Crippen molar-refractivity contribution in [2.45, 2.75) is 13.3 Å². The largest absolute Gasteiger partial charge is 0.493 e. The van der Waals surface area contributed by atoms with Gasteiger partial charge in [0.1, 0.15) is 5.01 Å². The molecular weight excluding hydrogens is 414 g/mol. The van der Waals surface area contributed by atoms with Gasteiger partial charge in [-0.15, -0.1) is 22.7 Å². The number of carbonyl (C=O) groups is 2. The van der Waals surface area contributed by atoms with Crippen LogP contribution in [0.2, 0.25) is 0 Å². The number of aromatic nitrogens is 2. The summed E-state index contributed by atoms with van der Waals surface area (Å²) >= 11 is 2.65. The lowest BCUT2D eigenvalue weighted by molar-refractivity contribution is -0.115. The molecule has 0 aliphatic rings. The van der Waals surface area contributed by atoms with E-state index in [9.17, 15) is 9.59 Å². The molecular formula is C19H19N3O5S2. The van der Waals surface area contributed by atoms with Crippen molar-refractivity contribution >= 4 is 39.7 Å². The molecule has 0 unspecified atom stereocenters. The van der Waals surface area contributed by atoms with Crippen molar-refractivity contribution in [3.8, 4) is 22.1 Å². The maximum absolute atomic E-state index is 12.3. The van der Waals surface area contributed by atoms with Crippen LogP contribution < -0.4 is 14.8 Å². The summed E-state index contributed by atoms with van der Waals surface area (Å²) in [6, 6.07) is 5.54. The summed E-state index contributed by atoms with van der Waals surface area (Å²) < 4.78 is 15.2. The molecule has 152 valence electrons. The Kier molecular flexibility index (Phi) is 6.45. The molecule has 10 heteroatoms. The summed E-state index contributed by atoms with van der Waals surface area (Å²) in [4.78, 5) is 33.3. The van der Waals surface area contributed by atoms with E-state index in [1.165, 1.54) is 29.8 Å². The zero-order valence-electron chi connectivity index (χ0n) is 16.3. The minimum atomic E-state index is -0.529. The van der Waals surface area contributed by atoms with E-state index in [2.05, 4.69) is 20.0 Å². The Hall–Kier alpha value is -2.98. The van der Waals surface area contributed by atoms with Crippen LogP contribution in [0, 0.1) is 6.92 Å². The highest BCUT2D eigenvalue weighted by Crippen LogP contribution is 2.33. The molecule has 2 aromatic heterocycles. The predicted octanol–water partition coefficient (Wildman–Crippen LogP) is 3.56. The van der Waals surface area contributed by atoms with Gasteiger partial charge in [0, 0.05) is 15.8 Å². The van der Waals surface area contributed by atoms with Gasteiger partial charge in [-0.05, 0) is 25.1 Å². The van der Waals surface area contributed by atoms with E-state index in [0.717, 1.165) is 10.6 Å². The molecule has 0 aliphatic heterocycles. The molecule has 3 rings (SSSR count). The molecule has 1 aromatic carbocycles. The number of hydrogen-bond acceptors (Lipinski definition) is 9. The monoisotopic (exact) mass is 433 g/mol. The molecule has 29 heavy (non-hydrogen) atoms. The average Bonchev–Trinajstić information content (AvgIpc) is 3.33. The SMILES string of the molecule is COC(=O)c1nc(NC(=O)Cc2csc(-c3ccc(OC)c(OC)c3)n2)sc1C. The van der Waals surface area contributed by atoms with Gasteiger partial charge in [-0.3, -0.25) is 4.79 Å². The first-order chi connectivity index (χ1) is 13.9. The molecule has 0 atom stereocenters. The molecule has 1 N–H and O–H groups in total. The van der Waals surface area contributed by atoms with Crippen molar-refractivity contribution in [2.75, 3.05) is 26.6 Å². The van der Waals surface area contributed by atoms with Gasteiger partial charge in [0.25, 0.3) is 0 Å². The number of esters is 1. The highest BCUT2D eigenvalue weighted by Gasteiger charge is 2.18. The fraction of sp³-hybridized carbons (Fsp3) is 0.263. The van der Waals surface area contributed by atoms with Crippen LogP contribution in [-0.4, -0.2) is 43.2 Å². The Morgan fingerprint density at radius 2 is 1.86 bits per heavy atom. The third-order valence-electron chi connectivity index (χ3n) is 3.95. The van der Waals surface area contributed by atoms with Gasteiger partial charge in [0.05, 0.1) is 33.4 Å². The Morgan fingerprint density at radius 1 is 1.10 bits per heavy atom. The molecule has 1 amide bonds. The van der Waals surface area contributed by atoms with Crippen molar-refractivity contribution in [2.24, 2.45) is 0 Å². The second-order valence-electron chi connectivity index (χ2n) is 5.85. The Bertz CT molecular complexity index is 1040. The number of benzene rings is 1. The highest BCUT2D eigenvalue weighted by atomic mass is 32.1. The molecule has 0 bridgehead atoms. The molecule has 0 saturated heterocycles. The number of methoxy groups -OCH3 is 3. The van der Waals surface area contributed by atoms with Gasteiger partial charge in [-0.1, -0.05) is 0 Å². The number of thiazole rings is 2. The van der Waals surface area contributed by atoms with Crippen LogP contribution in [0.4, 0.5) is 5.13 Å². The normalized spacial score (nSPS) is 10.5. The zero-order chi connectivity index (χ0) is 21.0. The van der Waals surface area contributed by atoms with Crippen molar-refractivity contribution in [1.29, 1.82) is 0 Å². The quantitative estimate of drug-likeness (QED) is 0.569. The van der Waals surface area contributed by atoms with Crippen LogP contribution in [0.15, 0.2) is 23.6 Å². The van der Waals surface area contributed by atoms with E-state index < -0.39 is 5.97 Å². The molecule has 0 radical (unpaired) electrons. The first-order valence-corrected chi connectivity index (χ1v) is 10.2. The molecule has 3 aromatic rings. The minimum absolute atomic E-state index is 0.0932. The van der Waals surface area contributed by atoms with E-state index in [1.54, 1.807) is 21.1 Å². The molecule has 8 nitrogen and oxygen atoms in total. The Labute approximate surface area is 175 Å². The topological polar surface area (TPSA) is 99.6 Å². The lowest BCUT2D eigenvalue weighted by atomic mass is 10.2. The number of amides is 1. The van der Waals surface area contributed by atoms with E-state index >= 15 is 0 Å². The standard InChI is InChI=1S/C19H19N3O5S2/c1-10-16(18(24)27-4)22-19(29-10)21-15(23)8-12-9-28-17(20-12)11-5-6-13(25-2)14(7-11)26-3/h5-7,9H,8H2,1-4H3,(H,21,22,23). The van der Waals surface area contributed by atoms with Gasteiger partial charge in [0.2, 0.25) is 5.91 Å². The number of nitrogens with zero attached hydrogens (tertiary/aromatic N) is 2. The van der Waals surface area contributed by atoms with Gasteiger partial charge in [-0.25, -0.2) is 14.8 Å². The smallest absolute Gasteiger partial charge is 0.357 e. The number of anilines is 1. The van der Waals surface area contributed by atoms with Crippen molar-refractivity contribution in [3.05, 3.63) is 39.8 Å². The van der Waals surface area contributed by atoms with E-state index in [-0.39, 0.29) is 18.0 Å². The first kappa shape index (κ1) is 20.7. The summed E-state index contributed by atoms with van der Waals surface area (Å²) in [6.45, 7) is 1.75. The highest BCUT2D eigenvalue weighted by molar-refractivity contribution is 7.16. The molecule has 0 saturated carbocycles. The lowest BCUT2D eigenvalue weighted by Gasteiger charge is -2.08. The fourth-order valence-electron chi connectivity index (χ4n) is 2.55. The number of ether oxygens (including phenoxy) is 3. The zero-order valence-corrected chi connectivity index (χ0v) is 17.9. The van der Waals surface area contributed by atoms with Crippen LogP contribution in [-0.2, 0) is 16.0 Å². The van der Waals surface area contributed by atoms with Crippen molar-refractivity contribution in [1.82, 2.24) is 9.97 Å². The second-order valence-corrected chi connectivity index (χ2v) is 7.92. The van der Waals surface area contributed by atoms with Gasteiger partial charge in [0.15, 0.2) is 22.3 Å². The fourth-order valence-corrected chi connectivity index (χ4v) is 4.19. The van der Waals surface area contributed by atoms with E-state index in [1.807, 2.05) is 23.6 Å². The summed E-state index contributed by atoms with van der Waals surface area (Å²) in [5.41, 5.74) is 1.72. The summed E-state index contributed by atoms with van der Waals surface area (Å²) in [7, 11) is 4.44. The minimum Gasteiger partial charge on any atom is -0.493 e. The number of rotatable bonds is 7. The molecule has 0 spiro atoms. The van der Waals surface area contributed by atoms with E-state index in [4.69, 9.17) is 9.47 Å². The number of hydrogen-bond donors (Lipinski definition) is 1. The average molecular weight is 434 g/mol. The van der Waals surface area contributed by atoms with Crippen LogP contribution in [0.3, 0.4) is 0 Å². The van der Waals surface area contributed by atoms with Crippen molar-refractivity contribution < 1.29 is 23.8 Å². The second kappa shape index (κ2) is 9.01. The van der Waals surface area contributed by atoms with Crippen LogP contribution in [0.1, 0.15) is 21.1 Å². The van der Waals surface area contributed by atoms with Crippen LogP contribution >= 0.6 is 22.7 Å². The number of nitrogens with one attached hydrogen (secondary N) is 1. The van der Waals surface area contributed by atoms with Crippen LogP contribution in [0.5, 0.6) is 11.5 Å². The van der Waals surface area contributed by atoms with Gasteiger partial charge in [-0.2, -0.15) is 0 Å². The summed E-state index contributed by atoms with van der Waals surface area (Å²) in [5.74, 6) is 0.454. The van der Waals surface area contributed by atoms with E-state index in [0.29, 0.717) is 27.2 Å². The predicted molar refractivity (Wildman–Crippen MR) is 111 cm³/mol. The number of aryl methyl sites for hydroxylation is 1. The molecule has 0 aliphatic carbocycles. The number of carbonyl (C=O) groups excluding carboxylic acids is 2. The maximum atomic E-state index is 12.3. The molecule has 2 heterocycles. The lowest BCUT2D eigenvalue weighted by Crippen LogP contribution is -2.14. The molecule has 0 fully saturated rings. The summed E-state index contributed by atoms with van der Waals surface area (Å²) in [5, 5.41) is 5.65. The third kappa shape index (κ3) is 4.72.